The fourth-order valence-corrected chi connectivity index (χ4v) is 3.61. The van der Waals surface area contributed by atoms with Gasteiger partial charge >= 0.3 is 0 Å². The fraction of sp³-hybridized carbons (Fsp3) is 0.625. The first-order chi connectivity index (χ1) is 10.2. The van der Waals surface area contributed by atoms with Crippen LogP contribution in [0.3, 0.4) is 0 Å². The van der Waals surface area contributed by atoms with E-state index < -0.39 is 0 Å². The number of piperidine rings is 1. The van der Waals surface area contributed by atoms with Crippen LogP contribution in [0.2, 0.25) is 0 Å². The molecule has 21 heavy (non-hydrogen) atoms. The minimum atomic E-state index is -0.313. The quantitative estimate of drug-likeness (QED) is 0.631. The van der Waals surface area contributed by atoms with Gasteiger partial charge in [-0.25, -0.2) is 0 Å². The van der Waals surface area contributed by atoms with E-state index in [1.165, 1.54) is 38.8 Å². The molecular weight excluding hydrogens is 266 g/mol. The van der Waals surface area contributed by atoms with Gasteiger partial charge in [0, 0.05) is 31.3 Å². The molecule has 0 aromatic heterocycles. The Hall–Kier alpha value is -1.46. The van der Waals surface area contributed by atoms with Crippen molar-refractivity contribution in [1.82, 2.24) is 9.80 Å². The zero-order chi connectivity index (χ0) is 14.7. The van der Waals surface area contributed by atoms with E-state index in [1.54, 1.807) is 18.2 Å². The summed E-state index contributed by atoms with van der Waals surface area (Å²) in [6.45, 7) is 5.52. The summed E-state index contributed by atoms with van der Waals surface area (Å²) in [5, 5.41) is 10.9. The van der Waals surface area contributed by atoms with E-state index in [9.17, 15) is 10.1 Å². The second-order valence-corrected chi connectivity index (χ2v) is 6.20. The minimum absolute atomic E-state index is 0.195. The molecule has 2 aliphatic rings. The molecule has 5 heteroatoms. The Labute approximate surface area is 125 Å². The largest absolute Gasteiger partial charge is 0.299 e. The molecule has 1 unspecified atom stereocenters. The third kappa shape index (κ3) is 3.60. The van der Waals surface area contributed by atoms with Crippen LogP contribution in [0.1, 0.15) is 31.2 Å². The standard InChI is InChI=1S/C16H23N3O2/c20-19(21)15-6-3-5-14(11-15)12-17-8-4-7-16(13-17)18-9-1-2-10-18/h3,5-6,11,16H,1-2,4,7-10,12-13H2. The number of hydrogen-bond donors (Lipinski definition) is 0. The third-order valence-corrected chi connectivity index (χ3v) is 4.67. The first kappa shape index (κ1) is 14.5. The van der Waals surface area contributed by atoms with Gasteiger partial charge in [0.15, 0.2) is 0 Å². The molecule has 3 rings (SSSR count). The van der Waals surface area contributed by atoms with Crippen LogP contribution in [0.5, 0.6) is 0 Å². The summed E-state index contributed by atoms with van der Waals surface area (Å²) in [4.78, 5) is 15.6. The van der Waals surface area contributed by atoms with Gasteiger partial charge in [0.05, 0.1) is 4.92 Å². The van der Waals surface area contributed by atoms with Crippen LogP contribution in [0.25, 0.3) is 0 Å². The highest BCUT2D eigenvalue weighted by molar-refractivity contribution is 5.34. The van der Waals surface area contributed by atoms with Crippen molar-refractivity contribution in [3.63, 3.8) is 0 Å². The molecule has 2 fully saturated rings. The topological polar surface area (TPSA) is 49.6 Å². The van der Waals surface area contributed by atoms with Gasteiger partial charge in [-0.3, -0.25) is 19.9 Å². The lowest BCUT2D eigenvalue weighted by Crippen LogP contribution is -2.46. The maximum atomic E-state index is 10.9. The molecule has 1 atom stereocenters. The van der Waals surface area contributed by atoms with Crippen LogP contribution in [-0.2, 0) is 6.54 Å². The molecule has 0 N–H and O–H groups in total. The summed E-state index contributed by atoms with van der Waals surface area (Å²) in [5.41, 5.74) is 1.24. The zero-order valence-corrected chi connectivity index (χ0v) is 12.4. The summed E-state index contributed by atoms with van der Waals surface area (Å²) in [6, 6.07) is 7.73. The van der Waals surface area contributed by atoms with Crippen molar-refractivity contribution in [3.05, 3.63) is 39.9 Å². The van der Waals surface area contributed by atoms with Crippen LogP contribution in [0.15, 0.2) is 24.3 Å². The van der Waals surface area contributed by atoms with Crippen molar-refractivity contribution in [1.29, 1.82) is 0 Å². The molecule has 0 spiro atoms. The lowest BCUT2D eigenvalue weighted by molar-refractivity contribution is -0.384. The van der Waals surface area contributed by atoms with Gasteiger partial charge in [-0.2, -0.15) is 0 Å². The Bertz CT molecular complexity index is 500. The highest BCUT2D eigenvalue weighted by Gasteiger charge is 2.27. The van der Waals surface area contributed by atoms with Crippen molar-refractivity contribution in [2.24, 2.45) is 0 Å². The predicted octanol–water partition coefficient (Wildman–Crippen LogP) is 2.66. The van der Waals surface area contributed by atoms with Gasteiger partial charge < -0.3 is 0 Å². The zero-order valence-electron chi connectivity index (χ0n) is 12.4. The summed E-state index contributed by atoms with van der Waals surface area (Å²) in [5.74, 6) is 0. The van der Waals surface area contributed by atoms with Gasteiger partial charge in [-0.15, -0.1) is 0 Å². The average molecular weight is 289 g/mol. The number of rotatable bonds is 4. The lowest BCUT2D eigenvalue weighted by Gasteiger charge is -2.37. The van der Waals surface area contributed by atoms with Crippen molar-refractivity contribution in [2.45, 2.75) is 38.3 Å². The van der Waals surface area contributed by atoms with E-state index in [0.29, 0.717) is 6.04 Å². The van der Waals surface area contributed by atoms with Crippen molar-refractivity contribution in [3.8, 4) is 0 Å². The van der Waals surface area contributed by atoms with Gasteiger partial charge in [-0.05, 0) is 50.9 Å². The SMILES string of the molecule is O=[N+]([O-])c1cccc(CN2CCCC(N3CCCC3)C2)c1. The van der Waals surface area contributed by atoms with E-state index in [2.05, 4.69) is 9.80 Å². The van der Waals surface area contributed by atoms with Crippen LogP contribution in [0.4, 0.5) is 5.69 Å². The van der Waals surface area contributed by atoms with Crippen LogP contribution in [-0.4, -0.2) is 46.9 Å². The van der Waals surface area contributed by atoms with E-state index in [-0.39, 0.29) is 10.6 Å². The second kappa shape index (κ2) is 6.54. The first-order valence-corrected chi connectivity index (χ1v) is 7.92. The van der Waals surface area contributed by atoms with Gasteiger partial charge in [-0.1, -0.05) is 12.1 Å². The number of likely N-dealkylation sites (tertiary alicyclic amines) is 2. The van der Waals surface area contributed by atoms with Gasteiger partial charge in [0.25, 0.3) is 5.69 Å². The first-order valence-electron chi connectivity index (χ1n) is 7.92. The van der Waals surface area contributed by atoms with E-state index in [4.69, 9.17) is 0 Å². The number of hydrogen-bond acceptors (Lipinski definition) is 4. The molecule has 2 heterocycles. The predicted molar refractivity (Wildman–Crippen MR) is 82.2 cm³/mol. The van der Waals surface area contributed by atoms with Gasteiger partial charge in [0.2, 0.25) is 0 Å². The smallest absolute Gasteiger partial charge is 0.269 e. The molecular formula is C16H23N3O2. The Balaban J connectivity index is 1.61. The minimum Gasteiger partial charge on any atom is -0.299 e. The molecule has 0 bridgehead atoms. The normalized spacial score (nSPS) is 24.3. The molecule has 0 amide bonds. The number of benzene rings is 1. The monoisotopic (exact) mass is 289 g/mol. The number of nitro benzene ring substituents is 1. The fourth-order valence-electron chi connectivity index (χ4n) is 3.61. The summed E-state index contributed by atoms with van der Waals surface area (Å²) in [6.07, 6.45) is 5.20. The second-order valence-electron chi connectivity index (χ2n) is 6.20. The maximum absolute atomic E-state index is 10.9. The van der Waals surface area contributed by atoms with E-state index in [1.807, 2.05) is 6.07 Å². The molecule has 0 radical (unpaired) electrons. The summed E-state index contributed by atoms with van der Waals surface area (Å²) < 4.78 is 0. The summed E-state index contributed by atoms with van der Waals surface area (Å²) >= 11 is 0. The van der Waals surface area contributed by atoms with Crippen molar-refractivity contribution >= 4 is 5.69 Å². The molecule has 5 nitrogen and oxygen atoms in total. The molecule has 1 aromatic rings. The van der Waals surface area contributed by atoms with Crippen LogP contribution in [0, 0.1) is 10.1 Å². The number of nitrogens with zero attached hydrogens (tertiary/aromatic N) is 3. The van der Waals surface area contributed by atoms with E-state index >= 15 is 0 Å². The van der Waals surface area contributed by atoms with E-state index in [0.717, 1.165) is 25.2 Å². The van der Waals surface area contributed by atoms with Crippen molar-refractivity contribution in [2.75, 3.05) is 26.2 Å². The lowest BCUT2D eigenvalue weighted by atomic mass is 10.0. The third-order valence-electron chi connectivity index (χ3n) is 4.67. The van der Waals surface area contributed by atoms with Crippen LogP contribution < -0.4 is 0 Å². The average Bonchev–Trinajstić information content (AvgIpc) is 3.02. The highest BCUT2D eigenvalue weighted by Crippen LogP contribution is 2.22. The molecule has 1 aromatic carbocycles. The van der Waals surface area contributed by atoms with Crippen molar-refractivity contribution < 1.29 is 4.92 Å². The molecule has 114 valence electrons. The highest BCUT2D eigenvalue weighted by atomic mass is 16.6. The Kier molecular flexibility index (Phi) is 4.51. The molecule has 2 saturated heterocycles. The Morgan fingerprint density at radius 1 is 1.19 bits per heavy atom. The number of non-ortho nitro benzene ring substituents is 1. The summed E-state index contributed by atoms with van der Waals surface area (Å²) in [7, 11) is 0. The molecule has 0 saturated carbocycles. The van der Waals surface area contributed by atoms with Crippen LogP contribution >= 0.6 is 0 Å². The maximum Gasteiger partial charge on any atom is 0.269 e. The Morgan fingerprint density at radius 3 is 2.76 bits per heavy atom. The number of nitro groups is 1. The Morgan fingerprint density at radius 2 is 2.00 bits per heavy atom. The van der Waals surface area contributed by atoms with Gasteiger partial charge in [0.1, 0.15) is 0 Å². The molecule has 0 aliphatic carbocycles. The molecule has 2 aliphatic heterocycles.